The normalized spacial score (nSPS) is 14.6. The molecule has 3 aromatic carbocycles. The van der Waals surface area contributed by atoms with Gasteiger partial charge in [-0.05, 0) is 74.6 Å². The number of nitro benzene ring substituents is 1. The van der Waals surface area contributed by atoms with E-state index in [-0.39, 0.29) is 17.9 Å². The van der Waals surface area contributed by atoms with Gasteiger partial charge in [-0.1, -0.05) is 53.8 Å². The molecule has 0 aliphatic carbocycles. The highest BCUT2D eigenvalue weighted by Gasteiger charge is 2.35. The largest absolute Gasteiger partial charge is 0.463 e. The number of thioether (sulfide) groups is 1. The van der Waals surface area contributed by atoms with Gasteiger partial charge in [-0.25, -0.2) is 9.79 Å². The Morgan fingerprint density at radius 1 is 1.07 bits per heavy atom. The lowest BCUT2D eigenvalue weighted by Crippen LogP contribution is -2.40. The molecule has 5 aromatic rings. The number of hydrogen-bond donors (Lipinski definition) is 0. The number of non-ortho nitro benzene ring substituents is 1. The summed E-state index contributed by atoms with van der Waals surface area (Å²) in [5.41, 5.74) is 5.44. The lowest BCUT2D eigenvalue weighted by molar-refractivity contribution is -0.384. The predicted octanol–water partition coefficient (Wildman–Crippen LogP) is 5.97. The molecule has 9 nitrogen and oxygen atoms in total. The summed E-state index contributed by atoms with van der Waals surface area (Å²) in [7, 11) is 0. The predicted molar refractivity (Wildman–Crippen MR) is 181 cm³/mol. The van der Waals surface area contributed by atoms with E-state index in [9.17, 15) is 19.7 Å². The molecule has 232 valence electrons. The standard InChI is InChI=1S/C35H30N4O5S2/c1-5-44-34(41)30-31(23-9-7-6-8-10-23)36-35-38(32(30)24-11-17-28(45-4)18-12-24)33(40)29(46-35)20-25-19-21(2)37(22(25)3)26-13-15-27(16-14-26)39(42)43/h6-20,32H,5H2,1-4H3/b29-20-/t32-/m0/s1. The van der Waals surface area contributed by atoms with Gasteiger partial charge < -0.3 is 9.30 Å². The molecule has 1 aliphatic heterocycles. The van der Waals surface area contributed by atoms with Crippen molar-refractivity contribution in [2.75, 3.05) is 12.9 Å². The van der Waals surface area contributed by atoms with Crippen molar-refractivity contribution in [3.63, 3.8) is 0 Å². The second kappa shape index (κ2) is 12.8. The monoisotopic (exact) mass is 650 g/mol. The van der Waals surface area contributed by atoms with Gasteiger partial charge in [-0.3, -0.25) is 19.5 Å². The molecule has 2 aromatic heterocycles. The van der Waals surface area contributed by atoms with Crippen LogP contribution >= 0.6 is 23.1 Å². The SMILES string of the molecule is CCOC(=O)C1=C(c2ccccc2)N=c2s/c(=C\c3cc(C)n(-c4ccc([N+](=O)[O-])cc4)c3C)c(=O)n2[C@H]1c1ccc(SC)cc1. The summed E-state index contributed by atoms with van der Waals surface area (Å²) in [5.74, 6) is -0.523. The van der Waals surface area contributed by atoms with E-state index in [0.29, 0.717) is 20.6 Å². The molecule has 0 fully saturated rings. The summed E-state index contributed by atoms with van der Waals surface area (Å²) in [6.45, 7) is 5.83. The van der Waals surface area contributed by atoms with Gasteiger partial charge in [0.15, 0.2) is 4.80 Å². The zero-order chi connectivity index (χ0) is 32.5. The number of aryl methyl sites for hydroxylation is 1. The molecule has 0 N–H and O–H groups in total. The molecule has 0 unspecified atom stereocenters. The Balaban J connectivity index is 1.56. The van der Waals surface area contributed by atoms with Crippen LogP contribution in [0.15, 0.2) is 105 Å². The first-order chi connectivity index (χ1) is 22.2. The number of fused-ring (bicyclic) bond motifs is 1. The van der Waals surface area contributed by atoms with Crippen molar-refractivity contribution < 1.29 is 14.5 Å². The fraction of sp³-hybridized carbons (Fsp3) is 0.171. The minimum atomic E-state index is -0.754. The van der Waals surface area contributed by atoms with Crippen molar-refractivity contribution in [2.45, 2.75) is 31.7 Å². The lowest BCUT2D eigenvalue weighted by Gasteiger charge is -2.26. The molecule has 0 saturated heterocycles. The van der Waals surface area contributed by atoms with E-state index >= 15 is 0 Å². The van der Waals surface area contributed by atoms with Crippen molar-refractivity contribution in [1.82, 2.24) is 9.13 Å². The lowest BCUT2D eigenvalue weighted by atomic mass is 9.93. The molecule has 3 heterocycles. The first-order valence-electron chi connectivity index (χ1n) is 14.6. The molecule has 1 atom stereocenters. The summed E-state index contributed by atoms with van der Waals surface area (Å²) in [6, 6.07) is 24.9. The molecule has 1 aliphatic rings. The van der Waals surface area contributed by atoms with E-state index in [1.807, 2.05) is 91.4 Å². The number of thiazole rings is 1. The Morgan fingerprint density at radius 2 is 1.76 bits per heavy atom. The topological polar surface area (TPSA) is 109 Å². The minimum absolute atomic E-state index is 0.0160. The van der Waals surface area contributed by atoms with E-state index in [0.717, 1.165) is 38.7 Å². The molecule has 46 heavy (non-hydrogen) atoms. The van der Waals surface area contributed by atoms with Gasteiger partial charge in [0.05, 0.1) is 33.4 Å². The smallest absolute Gasteiger partial charge is 0.338 e. The Kier molecular flexibility index (Phi) is 8.61. The Labute approximate surface area is 273 Å². The number of carbonyl (C=O) groups excluding carboxylic acids is 1. The van der Waals surface area contributed by atoms with Crippen LogP contribution in [0.1, 0.15) is 41.0 Å². The molecule has 0 amide bonds. The van der Waals surface area contributed by atoms with Crippen LogP contribution in [-0.2, 0) is 9.53 Å². The van der Waals surface area contributed by atoms with Gasteiger partial charge in [0.2, 0.25) is 0 Å². The second-order valence-electron chi connectivity index (χ2n) is 10.6. The maximum absolute atomic E-state index is 14.3. The summed E-state index contributed by atoms with van der Waals surface area (Å²) < 4.78 is 9.62. The Hall–Kier alpha value is -5.00. The second-order valence-corrected chi connectivity index (χ2v) is 12.5. The van der Waals surface area contributed by atoms with Gasteiger partial charge in [0.1, 0.15) is 0 Å². The third-order valence-corrected chi connectivity index (χ3v) is 9.61. The van der Waals surface area contributed by atoms with Crippen molar-refractivity contribution >= 4 is 46.5 Å². The van der Waals surface area contributed by atoms with Gasteiger partial charge >= 0.3 is 5.97 Å². The van der Waals surface area contributed by atoms with Crippen LogP contribution in [0.25, 0.3) is 17.5 Å². The number of rotatable bonds is 8. The summed E-state index contributed by atoms with van der Waals surface area (Å²) in [4.78, 5) is 45.2. The maximum Gasteiger partial charge on any atom is 0.338 e. The third-order valence-electron chi connectivity index (χ3n) is 7.88. The Morgan fingerprint density at radius 3 is 2.39 bits per heavy atom. The number of aromatic nitrogens is 2. The van der Waals surface area contributed by atoms with E-state index in [1.165, 1.54) is 23.5 Å². The number of benzene rings is 3. The quantitative estimate of drug-likeness (QED) is 0.0886. The molecular weight excluding hydrogens is 621 g/mol. The van der Waals surface area contributed by atoms with Gasteiger partial charge in [-0.2, -0.15) is 0 Å². The highest BCUT2D eigenvalue weighted by Crippen LogP contribution is 2.36. The number of nitrogens with zero attached hydrogens (tertiary/aromatic N) is 4. The molecule has 0 bridgehead atoms. The number of nitro groups is 1. The molecule has 0 spiro atoms. The number of hydrogen-bond acceptors (Lipinski definition) is 8. The maximum atomic E-state index is 14.3. The average molecular weight is 651 g/mol. The number of ether oxygens (including phenoxy) is 1. The van der Waals surface area contributed by atoms with Crippen LogP contribution in [-0.4, -0.2) is 32.9 Å². The van der Waals surface area contributed by atoms with Crippen molar-refractivity contribution in [3.05, 3.63) is 148 Å². The fourth-order valence-electron chi connectivity index (χ4n) is 5.74. The zero-order valence-electron chi connectivity index (χ0n) is 25.6. The number of carbonyl (C=O) groups is 1. The molecule has 6 rings (SSSR count). The first kappa shape index (κ1) is 31.0. The Bertz CT molecular complexity index is 2180. The highest BCUT2D eigenvalue weighted by atomic mass is 32.2. The first-order valence-corrected chi connectivity index (χ1v) is 16.6. The van der Waals surface area contributed by atoms with Crippen LogP contribution < -0.4 is 14.9 Å². The molecule has 11 heteroatoms. The minimum Gasteiger partial charge on any atom is -0.463 e. The average Bonchev–Trinajstić information content (AvgIpc) is 3.53. The fourth-order valence-corrected chi connectivity index (χ4v) is 7.14. The van der Waals surface area contributed by atoms with E-state index in [2.05, 4.69) is 0 Å². The van der Waals surface area contributed by atoms with Crippen LogP contribution in [0.5, 0.6) is 0 Å². The van der Waals surface area contributed by atoms with Crippen molar-refractivity contribution in [2.24, 2.45) is 4.99 Å². The highest BCUT2D eigenvalue weighted by molar-refractivity contribution is 7.98. The van der Waals surface area contributed by atoms with Crippen LogP contribution in [0, 0.1) is 24.0 Å². The van der Waals surface area contributed by atoms with E-state index in [4.69, 9.17) is 9.73 Å². The number of esters is 1. The summed E-state index contributed by atoms with van der Waals surface area (Å²) >= 11 is 2.88. The van der Waals surface area contributed by atoms with E-state index in [1.54, 1.807) is 35.4 Å². The van der Waals surface area contributed by atoms with E-state index < -0.39 is 16.9 Å². The van der Waals surface area contributed by atoms with Crippen LogP contribution in [0.2, 0.25) is 0 Å². The van der Waals surface area contributed by atoms with Gasteiger partial charge in [-0.15, -0.1) is 11.8 Å². The van der Waals surface area contributed by atoms with Crippen molar-refractivity contribution in [3.8, 4) is 5.69 Å². The molecule has 0 radical (unpaired) electrons. The summed E-state index contributed by atoms with van der Waals surface area (Å²) in [6.07, 6.45) is 3.84. The van der Waals surface area contributed by atoms with Gasteiger partial charge in [0.25, 0.3) is 11.2 Å². The van der Waals surface area contributed by atoms with Crippen LogP contribution in [0.3, 0.4) is 0 Å². The van der Waals surface area contributed by atoms with Crippen LogP contribution in [0.4, 0.5) is 5.69 Å². The van der Waals surface area contributed by atoms with Gasteiger partial charge in [0, 0.05) is 39.7 Å². The molecular formula is C35H30N4O5S2. The summed E-state index contributed by atoms with van der Waals surface area (Å²) in [5, 5.41) is 11.2. The zero-order valence-corrected chi connectivity index (χ0v) is 27.2. The van der Waals surface area contributed by atoms with Crippen molar-refractivity contribution in [1.29, 1.82) is 0 Å². The molecule has 0 saturated carbocycles. The third kappa shape index (κ3) is 5.63.